The Labute approximate surface area is 150 Å². The first-order chi connectivity index (χ1) is 12.6. The average molecular weight is 357 g/mol. The summed E-state index contributed by atoms with van der Waals surface area (Å²) >= 11 is 0. The molecule has 0 atom stereocenters. The van der Waals surface area contributed by atoms with Gasteiger partial charge in [0.2, 0.25) is 5.91 Å². The maximum atomic E-state index is 13.7. The summed E-state index contributed by atoms with van der Waals surface area (Å²) in [4.78, 5) is 26.3. The van der Waals surface area contributed by atoms with Crippen molar-refractivity contribution in [2.75, 3.05) is 43.5 Å². The number of nitrogens with zero attached hydrogens (tertiary/aromatic N) is 1. The SMILES string of the molecule is O=C(CN1CCOCC1)Nc1cccc(NC(=O)c2ccccc2F)c1. The van der Waals surface area contributed by atoms with Gasteiger partial charge >= 0.3 is 0 Å². The van der Waals surface area contributed by atoms with Crippen molar-refractivity contribution in [2.24, 2.45) is 0 Å². The van der Waals surface area contributed by atoms with Crippen LogP contribution in [0.5, 0.6) is 0 Å². The second-order valence-corrected chi connectivity index (χ2v) is 5.95. The molecular formula is C19H20FN3O3. The van der Waals surface area contributed by atoms with Crippen LogP contribution in [0.2, 0.25) is 0 Å². The monoisotopic (exact) mass is 357 g/mol. The normalized spacial score (nSPS) is 14.7. The fourth-order valence-electron chi connectivity index (χ4n) is 2.68. The van der Waals surface area contributed by atoms with Gasteiger partial charge < -0.3 is 15.4 Å². The van der Waals surface area contributed by atoms with Crippen LogP contribution in [0.25, 0.3) is 0 Å². The van der Waals surface area contributed by atoms with Gasteiger partial charge in [-0.25, -0.2) is 4.39 Å². The standard InChI is InChI=1S/C19H20FN3O3/c20-17-7-2-1-6-16(17)19(25)22-15-5-3-4-14(12-15)21-18(24)13-23-8-10-26-11-9-23/h1-7,12H,8-11,13H2,(H,21,24)(H,22,25). The predicted octanol–water partition coefficient (Wildman–Crippen LogP) is 2.35. The Morgan fingerprint density at radius 1 is 1.00 bits per heavy atom. The van der Waals surface area contributed by atoms with Gasteiger partial charge in [-0.1, -0.05) is 18.2 Å². The summed E-state index contributed by atoms with van der Waals surface area (Å²) in [5.41, 5.74) is 1.01. The molecule has 2 amide bonds. The van der Waals surface area contributed by atoms with Crippen LogP contribution < -0.4 is 10.6 Å². The number of amides is 2. The first-order valence-corrected chi connectivity index (χ1v) is 8.38. The van der Waals surface area contributed by atoms with Gasteiger partial charge in [0, 0.05) is 24.5 Å². The third kappa shape index (κ3) is 4.87. The van der Waals surface area contributed by atoms with Gasteiger partial charge in [-0.3, -0.25) is 14.5 Å². The molecule has 2 N–H and O–H groups in total. The highest BCUT2D eigenvalue weighted by molar-refractivity contribution is 6.04. The minimum atomic E-state index is -0.583. The molecule has 0 radical (unpaired) electrons. The highest BCUT2D eigenvalue weighted by Gasteiger charge is 2.15. The van der Waals surface area contributed by atoms with Crippen molar-refractivity contribution < 1.29 is 18.7 Å². The van der Waals surface area contributed by atoms with Crippen LogP contribution in [0.15, 0.2) is 48.5 Å². The Morgan fingerprint density at radius 2 is 1.69 bits per heavy atom. The number of anilines is 2. The molecule has 3 rings (SSSR count). The van der Waals surface area contributed by atoms with Crippen LogP contribution in [-0.2, 0) is 9.53 Å². The Hall–Kier alpha value is -2.77. The minimum absolute atomic E-state index is 0.0331. The molecule has 0 spiro atoms. The number of hydrogen-bond donors (Lipinski definition) is 2. The number of halogens is 1. The second-order valence-electron chi connectivity index (χ2n) is 5.95. The van der Waals surface area contributed by atoms with Crippen molar-refractivity contribution in [1.82, 2.24) is 4.90 Å². The van der Waals surface area contributed by atoms with Crippen molar-refractivity contribution in [3.63, 3.8) is 0 Å². The maximum absolute atomic E-state index is 13.7. The van der Waals surface area contributed by atoms with Crippen molar-refractivity contribution in [1.29, 1.82) is 0 Å². The fourth-order valence-corrected chi connectivity index (χ4v) is 2.68. The third-order valence-corrected chi connectivity index (χ3v) is 3.99. The molecule has 0 unspecified atom stereocenters. The average Bonchev–Trinajstić information content (AvgIpc) is 2.63. The lowest BCUT2D eigenvalue weighted by Gasteiger charge is -2.25. The van der Waals surface area contributed by atoms with Crippen LogP contribution in [0.1, 0.15) is 10.4 Å². The number of rotatable bonds is 5. The van der Waals surface area contributed by atoms with Crippen LogP contribution >= 0.6 is 0 Å². The molecule has 2 aromatic carbocycles. The Balaban J connectivity index is 1.60. The number of morpholine rings is 1. The van der Waals surface area contributed by atoms with Crippen molar-refractivity contribution in [3.8, 4) is 0 Å². The van der Waals surface area contributed by atoms with Gasteiger partial charge in [-0.05, 0) is 30.3 Å². The summed E-state index contributed by atoms with van der Waals surface area (Å²) in [5, 5.41) is 5.44. The van der Waals surface area contributed by atoms with Crippen LogP contribution in [0, 0.1) is 5.82 Å². The number of carbonyl (C=O) groups excluding carboxylic acids is 2. The van der Waals surface area contributed by atoms with E-state index in [1.54, 1.807) is 30.3 Å². The second kappa shape index (κ2) is 8.55. The Bertz CT molecular complexity index is 791. The van der Waals surface area contributed by atoms with Crippen LogP contribution in [0.4, 0.5) is 15.8 Å². The molecule has 1 saturated heterocycles. The number of nitrogens with one attached hydrogen (secondary N) is 2. The molecule has 1 aliphatic rings. The van der Waals surface area contributed by atoms with E-state index in [0.717, 1.165) is 13.1 Å². The Kier molecular flexibility index (Phi) is 5.93. The number of benzene rings is 2. The molecule has 26 heavy (non-hydrogen) atoms. The van der Waals surface area contributed by atoms with Gasteiger partial charge in [-0.2, -0.15) is 0 Å². The quantitative estimate of drug-likeness (QED) is 0.862. The number of hydrogen-bond acceptors (Lipinski definition) is 4. The smallest absolute Gasteiger partial charge is 0.258 e. The van der Waals surface area contributed by atoms with Gasteiger partial charge in [0.1, 0.15) is 5.82 Å². The van der Waals surface area contributed by atoms with Crippen molar-refractivity contribution >= 4 is 23.2 Å². The first-order valence-electron chi connectivity index (χ1n) is 8.38. The molecule has 0 saturated carbocycles. The summed E-state index contributed by atoms with van der Waals surface area (Å²) in [5.74, 6) is -1.26. The molecule has 136 valence electrons. The summed E-state index contributed by atoms with van der Waals surface area (Å²) < 4.78 is 18.9. The van der Waals surface area contributed by atoms with E-state index in [1.807, 2.05) is 4.90 Å². The zero-order chi connectivity index (χ0) is 18.4. The van der Waals surface area contributed by atoms with Crippen molar-refractivity contribution in [2.45, 2.75) is 0 Å². The first kappa shape index (κ1) is 18.0. The molecule has 0 aromatic heterocycles. The van der Waals surface area contributed by atoms with E-state index >= 15 is 0 Å². The molecule has 0 bridgehead atoms. The van der Waals surface area contributed by atoms with Crippen LogP contribution in [-0.4, -0.2) is 49.6 Å². The van der Waals surface area contributed by atoms with Crippen molar-refractivity contribution in [3.05, 3.63) is 59.9 Å². The van der Waals surface area contributed by atoms with Gasteiger partial charge in [-0.15, -0.1) is 0 Å². The van der Waals surface area contributed by atoms with E-state index in [4.69, 9.17) is 4.74 Å². The molecule has 1 heterocycles. The Morgan fingerprint density at radius 3 is 2.42 bits per heavy atom. The van der Waals surface area contributed by atoms with E-state index in [1.165, 1.54) is 18.2 Å². The molecule has 2 aromatic rings. The molecule has 6 nitrogen and oxygen atoms in total. The molecule has 1 aliphatic heterocycles. The number of carbonyl (C=O) groups is 2. The van der Waals surface area contributed by atoms with Crippen LogP contribution in [0.3, 0.4) is 0 Å². The van der Waals surface area contributed by atoms with E-state index < -0.39 is 11.7 Å². The van der Waals surface area contributed by atoms with Gasteiger partial charge in [0.25, 0.3) is 5.91 Å². The van der Waals surface area contributed by atoms with E-state index in [0.29, 0.717) is 24.6 Å². The summed E-state index contributed by atoms with van der Waals surface area (Å²) in [6, 6.07) is 12.5. The summed E-state index contributed by atoms with van der Waals surface area (Å²) in [6.45, 7) is 3.00. The molecule has 1 fully saturated rings. The highest BCUT2D eigenvalue weighted by Crippen LogP contribution is 2.17. The lowest BCUT2D eigenvalue weighted by atomic mass is 10.2. The van der Waals surface area contributed by atoms with E-state index in [9.17, 15) is 14.0 Å². The highest BCUT2D eigenvalue weighted by atomic mass is 19.1. The van der Waals surface area contributed by atoms with E-state index in [-0.39, 0.29) is 18.0 Å². The summed E-state index contributed by atoms with van der Waals surface area (Å²) in [7, 11) is 0. The summed E-state index contributed by atoms with van der Waals surface area (Å²) in [6.07, 6.45) is 0. The molecule has 7 heteroatoms. The largest absolute Gasteiger partial charge is 0.379 e. The lowest BCUT2D eigenvalue weighted by Crippen LogP contribution is -2.41. The topological polar surface area (TPSA) is 70.7 Å². The van der Waals surface area contributed by atoms with Gasteiger partial charge in [0.15, 0.2) is 0 Å². The lowest BCUT2D eigenvalue weighted by molar-refractivity contribution is -0.118. The van der Waals surface area contributed by atoms with Gasteiger partial charge in [0.05, 0.1) is 25.3 Å². The zero-order valence-electron chi connectivity index (χ0n) is 14.2. The predicted molar refractivity (Wildman–Crippen MR) is 96.7 cm³/mol. The fraction of sp³-hybridized carbons (Fsp3) is 0.263. The van der Waals surface area contributed by atoms with E-state index in [2.05, 4.69) is 10.6 Å². The molecule has 0 aliphatic carbocycles. The number of ether oxygens (including phenoxy) is 1. The third-order valence-electron chi connectivity index (χ3n) is 3.99. The molecular weight excluding hydrogens is 337 g/mol. The maximum Gasteiger partial charge on any atom is 0.258 e. The zero-order valence-corrected chi connectivity index (χ0v) is 14.2. The minimum Gasteiger partial charge on any atom is -0.379 e.